The van der Waals surface area contributed by atoms with Crippen molar-refractivity contribution in [2.75, 3.05) is 16.9 Å². The summed E-state index contributed by atoms with van der Waals surface area (Å²) in [5, 5.41) is 5.29. The highest BCUT2D eigenvalue weighted by molar-refractivity contribution is 7.90. The molecule has 0 aliphatic carbocycles. The highest BCUT2D eigenvalue weighted by Gasteiger charge is 2.10. The van der Waals surface area contributed by atoms with Crippen molar-refractivity contribution in [3.05, 3.63) is 89.7 Å². The molecule has 0 aliphatic rings. The largest absolute Gasteiger partial charge is 0.322 e. The van der Waals surface area contributed by atoms with E-state index in [0.29, 0.717) is 16.9 Å². The van der Waals surface area contributed by atoms with Crippen molar-refractivity contribution in [2.45, 2.75) is 4.90 Å². The number of rotatable bonds is 5. The molecule has 0 heterocycles. The second-order valence-electron chi connectivity index (χ2n) is 6.29. The van der Waals surface area contributed by atoms with Gasteiger partial charge in [-0.2, -0.15) is 0 Å². The number of carbonyl (C=O) groups excluding carboxylic acids is 2. The second-order valence-corrected chi connectivity index (χ2v) is 8.31. The van der Waals surface area contributed by atoms with Gasteiger partial charge in [-0.1, -0.05) is 6.07 Å². The van der Waals surface area contributed by atoms with Crippen molar-refractivity contribution < 1.29 is 22.4 Å². The Kier molecular flexibility index (Phi) is 5.74. The van der Waals surface area contributed by atoms with Crippen LogP contribution in [-0.4, -0.2) is 26.5 Å². The second kappa shape index (κ2) is 8.24. The van der Waals surface area contributed by atoms with Gasteiger partial charge in [0.25, 0.3) is 11.8 Å². The van der Waals surface area contributed by atoms with Gasteiger partial charge < -0.3 is 10.6 Å². The topological polar surface area (TPSA) is 92.3 Å². The van der Waals surface area contributed by atoms with Crippen molar-refractivity contribution in [1.82, 2.24) is 0 Å². The first-order chi connectivity index (χ1) is 13.7. The van der Waals surface area contributed by atoms with Gasteiger partial charge in [0.15, 0.2) is 9.84 Å². The van der Waals surface area contributed by atoms with Gasteiger partial charge in [0, 0.05) is 28.8 Å². The van der Waals surface area contributed by atoms with Gasteiger partial charge in [-0.3, -0.25) is 9.59 Å². The predicted octanol–water partition coefficient (Wildman–Crippen LogP) is 3.73. The van der Waals surface area contributed by atoms with E-state index in [4.69, 9.17) is 0 Å². The maximum atomic E-state index is 13.2. The third kappa shape index (κ3) is 5.26. The van der Waals surface area contributed by atoms with E-state index in [1.54, 1.807) is 12.1 Å². The van der Waals surface area contributed by atoms with E-state index < -0.39 is 21.6 Å². The van der Waals surface area contributed by atoms with E-state index in [0.717, 1.165) is 12.3 Å². The third-order valence-corrected chi connectivity index (χ3v) is 5.16. The van der Waals surface area contributed by atoms with E-state index >= 15 is 0 Å². The summed E-state index contributed by atoms with van der Waals surface area (Å²) in [6.07, 6.45) is 1.11. The molecule has 0 saturated heterocycles. The van der Waals surface area contributed by atoms with E-state index in [2.05, 4.69) is 10.6 Å². The molecule has 0 unspecified atom stereocenters. The van der Waals surface area contributed by atoms with Gasteiger partial charge in [0.2, 0.25) is 0 Å². The Bertz CT molecular complexity index is 1160. The Morgan fingerprint density at radius 3 is 1.79 bits per heavy atom. The van der Waals surface area contributed by atoms with Crippen LogP contribution in [0, 0.1) is 5.82 Å². The van der Waals surface area contributed by atoms with E-state index in [-0.39, 0.29) is 16.4 Å². The van der Waals surface area contributed by atoms with Gasteiger partial charge >= 0.3 is 0 Å². The fourth-order valence-electron chi connectivity index (χ4n) is 2.53. The monoisotopic (exact) mass is 412 g/mol. The smallest absolute Gasteiger partial charge is 0.255 e. The van der Waals surface area contributed by atoms with E-state index in [1.165, 1.54) is 54.6 Å². The molecule has 0 fully saturated rings. The molecule has 3 aromatic rings. The molecule has 0 saturated carbocycles. The van der Waals surface area contributed by atoms with Crippen LogP contribution in [0.15, 0.2) is 77.7 Å². The molecule has 0 atom stereocenters. The fourth-order valence-corrected chi connectivity index (χ4v) is 3.16. The summed E-state index contributed by atoms with van der Waals surface area (Å²) >= 11 is 0. The molecule has 2 amide bonds. The minimum Gasteiger partial charge on any atom is -0.322 e. The van der Waals surface area contributed by atoms with Crippen LogP contribution in [0.5, 0.6) is 0 Å². The molecular formula is C21H17FN2O4S. The maximum Gasteiger partial charge on any atom is 0.255 e. The first-order valence-corrected chi connectivity index (χ1v) is 10.4. The lowest BCUT2D eigenvalue weighted by Crippen LogP contribution is -2.14. The van der Waals surface area contributed by atoms with Gasteiger partial charge in [-0.15, -0.1) is 0 Å². The quantitative estimate of drug-likeness (QED) is 0.668. The summed E-state index contributed by atoms with van der Waals surface area (Å²) in [5.74, 6) is -1.36. The van der Waals surface area contributed by atoms with Crippen LogP contribution in [0.3, 0.4) is 0 Å². The maximum absolute atomic E-state index is 13.2. The van der Waals surface area contributed by atoms with Crippen molar-refractivity contribution in [1.29, 1.82) is 0 Å². The van der Waals surface area contributed by atoms with Gasteiger partial charge in [0.05, 0.1) is 4.90 Å². The van der Waals surface area contributed by atoms with Gasteiger partial charge in [-0.05, 0) is 66.7 Å². The number of halogens is 1. The molecule has 29 heavy (non-hydrogen) atoms. The number of anilines is 2. The number of nitrogens with one attached hydrogen (secondary N) is 2. The Morgan fingerprint density at radius 2 is 1.28 bits per heavy atom. The number of sulfone groups is 1. The van der Waals surface area contributed by atoms with Gasteiger partial charge in [-0.25, -0.2) is 12.8 Å². The van der Waals surface area contributed by atoms with Crippen molar-refractivity contribution in [3.63, 3.8) is 0 Å². The number of hydrogen-bond donors (Lipinski definition) is 2. The Hall–Kier alpha value is -3.52. The van der Waals surface area contributed by atoms with Crippen LogP contribution < -0.4 is 10.6 Å². The Labute approximate surface area is 167 Å². The van der Waals surface area contributed by atoms with Crippen LogP contribution in [0.25, 0.3) is 0 Å². The highest BCUT2D eigenvalue weighted by Crippen LogP contribution is 2.16. The zero-order valence-corrected chi connectivity index (χ0v) is 16.2. The fraction of sp³-hybridized carbons (Fsp3) is 0.0476. The zero-order chi connectivity index (χ0) is 21.0. The predicted molar refractivity (Wildman–Crippen MR) is 108 cm³/mol. The summed E-state index contributed by atoms with van der Waals surface area (Å²) in [7, 11) is -3.31. The number of hydrogen-bond acceptors (Lipinski definition) is 4. The first kappa shape index (κ1) is 20.2. The van der Waals surface area contributed by atoms with Crippen LogP contribution in [0.2, 0.25) is 0 Å². The number of carbonyl (C=O) groups is 2. The summed E-state index contributed by atoms with van der Waals surface area (Å²) in [4.78, 5) is 24.6. The molecule has 0 radical (unpaired) electrons. The zero-order valence-electron chi connectivity index (χ0n) is 15.3. The lowest BCUT2D eigenvalue weighted by molar-refractivity contribution is 0.101. The van der Waals surface area contributed by atoms with Crippen molar-refractivity contribution >= 4 is 33.0 Å². The standard InChI is InChI=1S/C21H17FN2O4S/c1-29(27,28)19-11-9-18(10-12-19)23-20(25)14-5-7-17(8-6-14)24-21(26)15-3-2-4-16(22)13-15/h2-13H,1H3,(H,23,25)(H,24,26). The third-order valence-electron chi connectivity index (χ3n) is 4.03. The molecule has 0 aliphatic heterocycles. The highest BCUT2D eigenvalue weighted by atomic mass is 32.2. The molecule has 8 heteroatoms. The molecule has 148 valence electrons. The van der Waals surface area contributed by atoms with Crippen molar-refractivity contribution in [2.24, 2.45) is 0 Å². The normalized spacial score (nSPS) is 11.0. The summed E-state index contributed by atoms with van der Waals surface area (Å²) in [6.45, 7) is 0. The lowest BCUT2D eigenvalue weighted by Gasteiger charge is -2.08. The van der Waals surface area contributed by atoms with Crippen LogP contribution in [0.1, 0.15) is 20.7 Å². The number of amides is 2. The number of benzene rings is 3. The Morgan fingerprint density at radius 1 is 0.759 bits per heavy atom. The molecule has 0 bridgehead atoms. The molecule has 6 nitrogen and oxygen atoms in total. The molecule has 0 spiro atoms. The minimum atomic E-state index is -3.31. The molecule has 3 aromatic carbocycles. The summed E-state index contributed by atoms with van der Waals surface area (Å²) in [5.41, 5.74) is 1.43. The van der Waals surface area contributed by atoms with Crippen molar-refractivity contribution in [3.8, 4) is 0 Å². The van der Waals surface area contributed by atoms with E-state index in [9.17, 15) is 22.4 Å². The molecular weight excluding hydrogens is 395 g/mol. The minimum absolute atomic E-state index is 0.161. The van der Waals surface area contributed by atoms with Gasteiger partial charge in [0.1, 0.15) is 5.82 Å². The van der Waals surface area contributed by atoms with Crippen LogP contribution >= 0.6 is 0 Å². The molecule has 2 N–H and O–H groups in total. The Balaban J connectivity index is 1.65. The SMILES string of the molecule is CS(=O)(=O)c1ccc(NC(=O)c2ccc(NC(=O)c3cccc(F)c3)cc2)cc1. The molecule has 0 aromatic heterocycles. The van der Waals surface area contributed by atoms with Crippen LogP contribution in [-0.2, 0) is 9.84 Å². The lowest BCUT2D eigenvalue weighted by atomic mass is 10.1. The average molecular weight is 412 g/mol. The van der Waals surface area contributed by atoms with Crippen LogP contribution in [0.4, 0.5) is 15.8 Å². The average Bonchev–Trinajstić information content (AvgIpc) is 2.68. The molecule has 3 rings (SSSR count). The summed E-state index contributed by atoms with van der Waals surface area (Å²) in [6, 6.07) is 17.3. The summed E-state index contributed by atoms with van der Waals surface area (Å²) < 4.78 is 36.1. The van der Waals surface area contributed by atoms with E-state index in [1.807, 2.05) is 0 Å². The first-order valence-electron chi connectivity index (χ1n) is 8.51.